The van der Waals surface area contributed by atoms with E-state index < -0.39 is 0 Å². The fourth-order valence-electron chi connectivity index (χ4n) is 4.77. The summed E-state index contributed by atoms with van der Waals surface area (Å²) in [7, 11) is 1.61. The first-order valence-corrected chi connectivity index (χ1v) is 12.2. The number of rotatable bonds is 5. The Morgan fingerprint density at radius 3 is 2.61 bits per heavy atom. The largest absolute Gasteiger partial charge is 0.494 e. The van der Waals surface area contributed by atoms with Crippen LogP contribution in [-0.4, -0.2) is 82.7 Å². The van der Waals surface area contributed by atoms with Crippen molar-refractivity contribution in [1.82, 2.24) is 24.5 Å². The summed E-state index contributed by atoms with van der Waals surface area (Å²) in [5.74, 6) is 1.56. The van der Waals surface area contributed by atoms with E-state index in [1.165, 1.54) is 5.56 Å². The number of methoxy groups -OCH3 is 1. The van der Waals surface area contributed by atoms with E-state index in [-0.39, 0.29) is 11.8 Å². The Hall–Kier alpha value is -3.85. The lowest BCUT2D eigenvalue weighted by Crippen LogP contribution is -2.47. The number of hydrogen-bond donors (Lipinski definition) is 0. The minimum atomic E-state index is -0.0849. The summed E-state index contributed by atoms with van der Waals surface area (Å²) < 4.78 is 13.1. The van der Waals surface area contributed by atoms with Gasteiger partial charge in [0.1, 0.15) is 23.8 Å². The van der Waals surface area contributed by atoms with E-state index in [1.807, 2.05) is 40.1 Å². The van der Waals surface area contributed by atoms with Crippen molar-refractivity contribution in [2.75, 3.05) is 46.4 Å². The Labute approximate surface area is 210 Å². The first kappa shape index (κ1) is 23.9. The van der Waals surface area contributed by atoms with Gasteiger partial charge in [-0.1, -0.05) is 18.2 Å². The Morgan fingerprint density at radius 1 is 1.03 bits per heavy atom. The number of carbonyl (C=O) groups is 2. The van der Waals surface area contributed by atoms with Crippen molar-refractivity contribution in [3.63, 3.8) is 0 Å². The molecule has 0 atom stereocenters. The minimum Gasteiger partial charge on any atom is -0.494 e. The molecule has 9 heteroatoms. The van der Waals surface area contributed by atoms with Crippen LogP contribution in [0.1, 0.15) is 28.4 Å². The van der Waals surface area contributed by atoms with Crippen LogP contribution in [0.3, 0.4) is 0 Å². The Kier molecular flexibility index (Phi) is 6.90. The van der Waals surface area contributed by atoms with Gasteiger partial charge in [-0.15, -0.1) is 0 Å². The van der Waals surface area contributed by atoms with Crippen LogP contribution in [0, 0.1) is 0 Å². The summed E-state index contributed by atoms with van der Waals surface area (Å²) in [6, 6.07) is 13.8. The lowest BCUT2D eigenvalue weighted by Gasteiger charge is -2.34. The highest BCUT2D eigenvalue weighted by molar-refractivity contribution is 5.94. The number of piperazine rings is 1. The van der Waals surface area contributed by atoms with Gasteiger partial charge in [-0.2, -0.15) is 5.10 Å². The summed E-state index contributed by atoms with van der Waals surface area (Å²) in [5.41, 5.74) is 3.46. The van der Waals surface area contributed by atoms with Gasteiger partial charge in [0.15, 0.2) is 0 Å². The molecule has 1 aromatic heterocycles. The molecule has 2 aliphatic rings. The molecule has 2 aromatic carbocycles. The maximum Gasteiger partial charge on any atom is 0.257 e. The van der Waals surface area contributed by atoms with Gasteiger partial charge in [0.2, 0.25) is 5.91 Å². The van der Waals surface area contributed by atoms with E-state index >= 15 is 0 Å². The highest BCUT2D eigenvalue weighted by atomic mass is 16.5. The summed E-state index contributed by atoms with van der Waals surface area (Å²) in [4.78, 5) is 31.0. The van der Waals surface area contributed by atoms with Crippen LogP contribution in [0.25, 0.3) is 5.69 Å². The fraction of sp³-hybridized carbons (Fsp3) is 0.370. The van der Waals surface area contributed by atoms with Crippen molar-refractivity contribution in [1.29, 1.82) is 0 Å². The molecular formula is C27H31N5O4. The number of nitrogens with zero attached hydrogens (tertiary/aromatic N) is 5. The van der Waals surface area contributed by atoms with Crippen molar-refractivity contribution in [2.24, 2.45) is 0 Å². The molecule has 3 aromatic rings. The van der Waals surface area contributed by atoms with Crippen LogP contribution >= 0.6 is 0 Å². The molecule has 0 unspecified atom stereocenters. The standard InChI is InChI=1S/C27H31N5O4/c1-20(33)30-11-9-29(10-12-30)17-21-7-8-25-22(15-21)18-31(13-14-36-25)27(34)23-16-28-32(19-23)24-5-3-4-6-26(24)35-2/h3-8,15-16,19H,9-14,17-18H2,1-2H3. The maximum atomic E-state index is 13.4. The van der Waals surface area contributed by atoms with E-state index in [0.717, 1.165) is 49.7 Å². The number of aromatic nitrogens is 2. The zero-order chi connectivity index (χ0) is 25.1. The third kappa shape index (κ3) is 5.06. The molecule has 2 amide bonds. The van der Waals surface area contributed by atoms with E-state index in [1.54, 1.807) is 31.1 Å². The number of amides is 2. The third-order valence-corrected chi connectivity index (χ3v) is 6.78. The maximum absolute atomic E-state index is 13.4. The second kappa shape index (κ2) is 10.4. The molecule has 0 bridgehead atoms. The van der Waals surface area contributed by atoms with Gasteiger partial charge in [-0.3, -0.25) is 14.5 Å². The van der Waals surface area contributed by atoms with Crippen molar-refractivity contribution >= 4 is 11.8 Å². The SMILES string of the molecule is COc1ccccc1-n1cc(C(=O)N2CCOc3ccc(CN4CCN(C(C)=O)CC4)cc3C2)cn1. The second-order valence-corrected chi connectivity index (χ2v) is 9.14. The first-order valence-electron chi connectivity index (χ1n) is 12.2. The van der Waals surface area contributed by atoms with Crippen LogP contribution in [0.2, 0.25) is 0 Å². The highest BCUT2D eigenvalue weighted by Crippen LogP contribution is 2.27. The summed E-state index contributed by atoms with van der Waals surface area (Å²) in [6.45, 7) is 7.06. The van der Waals surface area contributed by atoms with Crippen molar-refractivity contribution in [3.8, 4) is 17.2 Å². The Balaban J connectivity index is 1.28. The molecule has 0 spiro atoms. The third-order valence-electron chi connectivity index (χ3n) is 6.78. The fourth-order valence-corrected chi connectivity index (χ4v) is 4.77. The van der Waals surface area contributed by atoms with Gasteiger partial charge in [0.05, 0.1) is 25.4 Å². The van der Waals surface area contributed by atoms with E-state index in [9.17, 15) is 9.59 Å². The van der Waals surface area contributed by atoms with Crippen LogP contribution in [0.15, 0.2) is 54.9 Å². The average Bonchev–Trinajstić information content (AvgIpc) is 3.29. The minimum absolute atomic E-state index is 0.0849. The molecule has 36 heavy (non-hydrogen) atoms. The number of ether oxygens (including phenoxy) is 2. The van der Waals surface area contributed by atoms with Gasteiger partial charge in [0.25, 0.3) is 5.91 Å². The second-order valence-electron chi connectivity index (χ2n) is 9.14. The number of fused-ring (bicyclic) bond motifs is 1. The lowest BCUT2D eigenvalue weighted by atomic mass is 10.1. The Bertz CT molecular complexity index is 1250. The predicted octanol–water partition coefficient (Wildman–Crippen LogP) is 2.58. The molecule has 2 aliphatic heterocycles. The van der Waals surface area contributed by atoms with Gasteiger partial charge in [-0.25, -0.2) is 4.68 Å². The zero-order valence-corrected chi connectivity index (χ0v) is 20.7. The zero-order valence-electron chi connectivity index (χ0n) is 20.7. The average molecular weight is 490 g/mol. The van der Waals surface area contributed by atoms with Crippen molar-refractivity contribution in [2.45, 2.75) is 20.0 Å². The highest BCUT2D eigenvalue weighted by Gasteiger charge is 2.24. The molecule has 1 fully saturated rings. The smallest absolute Gasteiger partial charge is 0.257 e. The van der Waals surface area contributed by atoms with Crippen LogP contribution < -0.4 is 9.47 Å². The molecule has 0 radical (unpaired) electrons. The van der Waals surface area contributed by atoms with Crippen LogP contribution in [0.5, 0.6) is 11.5 Å². The first-order chi connectivity index (χ1) is 17.5. The molecule has 9 nitrogen and oxygen atoms in total. The van der Waals surface area contributed by atoms with Crippen LogP contribution in [0.4, 0.5) is 0 Å². The monoisotopic (exact) mass is 489 g/mol. The molecule has 0 N–H and O–H groups in total. The van der Waals surface area contributed by atoms with Gasteiger partial charge >= 0.3 is 0 Å². The molecule has 0 aliphatic carbocycles. The van der Waals surface area contributed by atoms with Gasteiger partial charge in [0, 0.05) is 58.0 Å². The van der Waals surface area contributed by atoms with Crippen molar-refractivity contribution in [3.05, 3.63) is 71.5 Å². The quantitative estimate of drug-likeness (QED) is 0.548. The number of para-hydroxylation sites is 2. The summed E-state index contributed by atoms with van der Waals surface area (Å²) in [5, 5.41) is 4.40. The van der Waals surface area contributed by atoms with Gasteiger partial charge < -0.3 is 19.3 Å². The molecule has 1 saturated heterocycles. The number of benzene rings is 2. The van der Waals surface area contributed by atoms with E-state index in [2.05, 4.69) is 22.1 Å². The molecule has 3 heterocycles. The van der Waals surface area contributed by atoms with Gasteiger partial charge in [-0.05, 0) is 29.8 Å². The molecule has 188 valence electrons. The topological polar surface area (TPSA) is 80.1 Å². The lowest BCUT2D eigenvalue weighted by molar-refractivity contribution is -0.130. The predicted molar refractivity (Wildman–Crippen MR) is 134 cm³/mol. The normalized spacial score (nSPS) is 16.2. The van der Waals surface area contributed by atoms with E-state index in [0.29, 0.717) is 31.0 Å². The number of carbonyl (C=O) groups excluding carboxylic acids is 2. The number of hydrogen-bond acceptors (Lipinski definition) is 6. The molecular weight excluding hydrogens is 458 g/mol. The van der Waals surface area contributed by atoms with E-state index in [4.69, 9.17) is 9.47 Å². The summed E-state index contributed by atoms with van der Waals surface area (Å²) in [6.07, 6.45) is 3.34. The Morgan fingerprint density at radius 2 is 1.83 bits per heavy atom. The van der Waals surface area contributed by atoms with Crippen LogP contribution in [-0.2, 0) is 17.9 Å². The molecule has 5 rings (SSSR count). The molecule has 0 saturated carbocycles. The summed E-state index contributed by atoms with van der Waals surface area (Å²) >= 11 is 0. The van der Waals surface area contributed by atoms with Crippen molar-refractivity contribution < 1.29 is 19.1 Å².